The lowest BCUT2D eigenvalue weighted by atomic mass is 10.00. The first kappa shape index (κ1) is 15.2. The molecule has 2 aromatic carbocycles. The zero-order chi connectivity index (χ0) is 16.2. The van der Waals surface area contributed by atoms with Crippen LogP contribution in [0.15, 0.2) is 48.5 Å². The maximum Gasteiger partial charge on any atom is 0.279 e. The van der Waals surface area contributed by atoms with Gasteiger partial charge in [0.2, 0.25) is 0 Å². The number of hydrogen-bond donors (Lipinski definition) is 2. The summed E-state index contributed by atoms with van der Waals surface area (Å²) in [6.07, 6.45) is 0.985. The molecule has 23 heavy (non-hydrogen) atoms. The third-order valence-corrected chi connectivity index (χ3v) is 4.12. The van der Waals surface area contributed by atoms with Crippen LogP contribution in [0, 0.1) is 0 Å². The smallest absolute Gasteiger partial charge is 0.279 e. The molecule has 1 atom stereocenters. The van der Waals surface area contributed by atoms with Crippen molar-refractivity contribution in [3.63, 3.8) is 0 Å². The van der Waals surface area contributed by atoms with Crippen molar-refractivity contribution in [3.05, 3.63) is 65.2 Å². The quantitative estimate of drug-likeness (QED) is 0.809. The fraction of sp³-hybridized carbons (Fsp3) is 0.222. The van der Waals surface area contributed by atoms with E-state index < -0.39 is 5.97 Å². The Labute approximate surface area is 134 Å². The van der Waals surface area contributed by atoms with E-state index in [1.807, 2.05) is 12.1 Å². The third-order valence-electron chi connectivity index (χ3n) is 4.12. The van der Waals surface area contributed by atoms with E-state index in [0.717, 1.165) is 19.5 Å². The Morgan fingerprint density at radius 1 is 1.04 bits per heavy atom. The molecule has 1 unspecified atom stereocenters. The second kappa shape index (κ2) is 6.62. The first-order valence-corrected chi connectivity index (χ1v) is 7.63. The van der Waals surface area contributed by atoms with Gasteiger partial charge in [0, 0.05) is 17.7 Å². The van der Waals surface area contributed by atoms with Gasteiger partial charge in [0.05, 0.1) is 12.5 Å². The monoisotopic (exact) mass is 310 g/mol. The summed E-state index contributed by atoms with van der Waals surface area (Å²) in [7, 11) is 0. The highest BCUT2D eigenvalue weighted by Crippen LogP contribution is 2.11. The van der Waals surface area contributed by atoms with Gasteiger partial charge >= 0.3 is 0 Å². The van der Waals surface area contributed by atoms with Crippen molar-refractivity contribution in [1.82, 2.24) is 0 Å². The number of benzene rings is 2. The lowest BCUT2D eigenvalue weighted by molar-refractivity contribution is -0.907. The van der Waals surface area contributed by atoms with Crippen molar-refractivity contribution in [2.75, 3.05) is 18.4 Å². The summed E-state index contributed by atoms with van der Waals surface area (Å²) in [6.45, 7) is 2.19. The number of carboxylic acids is 1. The predicted octanol–water partition coefficient (Wildman–Crippen LogP) is -0.370. The minimum absolute atomic E-state index is 0.0689. The minimum Gasteiger partial charge on any atom is -0.545 e. The summed E-state index contributed by atoms with van der Waals surface area (Å²) >= 11 is 0. The minimum atomic E-state index is -1.22. The first-order chi connectivity index (χ1) is 11.1. The van der Waals surface area contributed by atoms with E-state index in [2.05, 4.69) is 17.4 Å². The topological polar surface area (TPSA) is 73.7 Å². The maximum absolute atomic E-state index is 12.2. The summed E-state index contributed by atoms with van der Waals surface area (Å²) in [4.78, 5) is 24.1. The Balaban J connectivity index is 1.57. The molecule has 0 saturated heterocycles. The highest BCUT2D eigenvalue weighted by molar-refractivity contribution is 5.92. The molecule has 5 nitrogen and oxygen atoms in total. The molecule has 1 aliphatic heterocycles. The van der Waals surface area contributed by atoms with Crippen molar-refractivity contribution < 1.29 is 19.6 Å². The number of rotatable bonds is 4. The molecule has 118 valence electrons. The fourth-order valence-electron chi connectivity index (χ4n) is 2.92. The van der Waals surface area contributed by atoms with Crippen molar-refractivity contribution in [2.24, 2.45) is 0 Å². The van der Waals surface area contributed by atoms with Gasteiger partial charge in [-0.3, -0.25) is 4.79 Å². The molecule has 1 amide bonds. The van der Waals surface area contributed by atoms with E-state index in [-0.39, 0.29) is 11.5 Å². The van der Waals surface area contributed by atoms with Crippen molar-refractivity contribution >= 4 is 17.6 Å². The Morgan fingerprint density at radius 3 is 2.43 bits per heavy atom. The van der Waals surface area contributed by atoms with Crippen LogP contribution in [0.5, 0.6) is 0 Å². The van der Waals surface area contributed by atoms with Crippen LogP contribution in [0.2, 0.25) is 0 Å². The molecule has 0 saturated carbocycles. The van der Waals surface area contributed by atoms with E-state index in [1.54, 1.807) is 12.1 Å². The van der Waals surface area contributed by atoms with Gasteiger partial charge in [0.1, 0.15) is 6.54 Å². The zero-order valence-corrected chi connectivity index (χ0v) is 12.7. The average molecular weight is 310 g/mol. The molecule has 0 bridgehead atoms. The summed E-state index contributed by atoms with van der Waals surface area (Å²) in [6, 6.07) is 14.3. The van der Waals surface area contributed by atoms with Crippen LogP contribution in [-0.4, -0.2) is 25.0 Å². The fourth-order valence-corrected chi connectivity index (χ4v) is 2.92. The number of carbonyl (C=O) groups excluding carboxylic acids is 2. The van der Waals surface area contributed by atoms with Crippen LogP contribution >= 0.6 is 0 Å². The maximum atomic E-state index is 12.2. The molecule has 0 fully saturated rings. The third kappa shape index (κ3) is 3.76. The predicted molar refractivity (Wildman–Crippen MR) is 83.9 cm³/mol. The van der Waals surface area contributed by atoms with Crippen LogP contribution < -0.4 is 15.3 Å². The van der Waals surface area contributed by atoms with Gasteiger partial charge in [-0.25, -0.2) is 0 Å². The average Bonchev–Trinajstić information content (AvgIpc) is 2.55. The molecule has 5 heteroatoms. The Kier molecular flexibility index (Phi) is 4.39. The van der Waals surface area contributed by atoms with Crippen LogP contribution in [0.1, 0.15) is 21.5 Å². The summed E-state index contributed by atoms with van der Waals surface area (Å²) in [5.41, 5.74) is 3.37. The van der Waals surface area contributed by atoms with E-state index in [9.17, 15) is 14.7 Å². The van der Waals surface area contributed by atoms with Crippen LogP contribution in [0.3, 0.4) is 0 Å². The van der Waals surface area contributed by atoms with E-state index in [1.165, 1.54) is 28.2 Å². The number of aromatic carboxylic acids is 1. The second-order valence-electron chi connectivity index (χ2n) is 5.79. The number of fused-ring (bicyclic) bond motifs is 1. The van der Waals surface area contributed by atoms with Gasteiger partial charge in [-0.15, -0.1) is 0 Å². The Hall–Kier alpha value is -2.66. The van der Waals surface area contributed by atoms with Gasteiger partial charge in [0.15, 0.2) is 6.54 Å². The van der Waals surface area contributed by atoms with Crippen LogP contribution in [0.25, 0.3) is 0 Å². The molecule has 0 aromatic heterocycles. The first-order valence-electron chi connectivity index (χ1n) is 7.63. The largest absolute Gasteiger partial charge is 0.545 e. The molecule has 2 N–H and O–H groups in total. The van der Waals surface area contributed by atoms with Crippen molar-refractivity contribution in [2.45, 2.75) is 13.0 Å². The number of hydrogen-bond acceptors (Lipinski definition) is 3. The number of amides is 1. The highest BCUT2D eigenvalue weighted by atomic mass is 16.4. The lowest BCUT2D eigenvalue weighted by Gasteiger charge is -2.25. The van der Waals surface area contributed by atoms with Gasteiger partial charge in [0.25, 0.3) is 5.91 Å². The number of nitrogens with one attached hydrogen (secondary N) is 2. The van der Waals surface area contributed by atoms with Crippen LogP contribution in [0.4, 0.5) is 5.69 Å². The van der Waals surface area contributed by atoms with Gasteiger partial charge < -0.3 is 20.1 Å². The highest BCUT2D eigenvalue weighted by Gasteiger charge is 2.21. The number of anilines is 1. The van der Waals surface area contributed by atoms with E-state index >= 15 is 0 Å². The number of quaternary nitrogens is 1. The molecule has 2 aromatic rings. The van der Waals surface area contributed by atoms with Gasteiger partial charge in [-0.05, 0) is 23.3 Å². The molecule has 1 aliphatic rings. The van der Waals surface area contributed by atoms with Gasteiger partial charge in [-0.1, -0.05) is 36.4 Å². The van der Waals surface area contributed by atoms with Crippen molar-refractivity contribution in [1.29, 1.82) is 0 Å². The Morgan fingerprint density at radius 2 is 1.74 bits per heavy atom. The summed E-state index contributed by atoms with van der Waals surface area (Å²) in [5.74, 6) is -1.29. The number of carboxylic acid groups (broad SMARTS) is 1. The zero-order valence-electron chi connectivity index (χ0n) is 12.7. The lowest BCUT2D eigenvalue weighted by Crippen LogP contribution is -3.12. The molecule has 1 heterocycles. The van der Waals surface area contributed by atoms with Crippen molar-refractivity contribution in [3.8, 4) is 0 Å². The van der Waals surface area contributed by atoms with Gasteiger partial charge in [-0.2, -0.15) is 0 Å². The summed E-state index contributed by atoms with van der Waals surface area (Å²) in [5, 5.41) is 13.5. The van der Waals surface area contributed by atoms with E-state index in [4.69, 9.17) is 0 Å². The number of carbonyl (C=O) groups is 2. The Bertz CT molecular complexity index is 725. The standard InChI is InChI=1S/C18H18N2O3/c21-17(19-16-7-5-14(6-8-16)18(22)23)12-20-10-9-13-3-1-2-4-15(13)11-20/h1-8H,9-12H2,(H,19,21)(H,22,23). The molecular formula is C18H18N2O3. The molecule has 0 spiro atoms. The molecular weight excluding hydrogens is 292 g/mol. The molecule has 0 aliphatic carbocycles. The van der Waals surface area contributed by atoms with Crippen LogP contribution in [-0.2, 0) is 17.8 Å². The SMILES string of the molecule is O=C(C[NH+]1CCc2ccccc2C1)Nc1ccc(C(=O)[O-])cc1. The molecule has 0 radical (unpaired) electrons. The van der Waals surface area contributed by atoms with E-state index in [0.29, 0.717) is 12.2 Å². The normalized spacial score (nSPS) is 16.4. The second-order valence-corrected chi connectivity index (χ2v) is 5.79. The molecule has 3 rings (SSSR count). The summed E-state index contributed by atoms with van der Waals surface area (Å²) < 4.78 is 0.